The zero-order chi connectivity index (χ0) is 33.8. The fourth-order valence-corrected chi connectivity index (χ4v) is 5.64. The molecular weight excluding hydrogens is 562 g/mol. The number of carbonyl (C=O) groups is 1. The molecule has 0 spiro atoms. The summed E-state index contributed by atoms with van der Waals surface area (Å²) in [6.07, 6.45) is 51.7. The first kappa shape index (κ1) is 44.4. The van der Waals surface area contributed by atoms with Gasteiger partial charge in [0.1, 0.15) is 6.10 Å². The number of unbranched alkanes of at least 4 members (excludes halogenated alkanes) is 18. The van der Waals surface area contributed by atoms with Crippen molar-refractivity contribution < 1.29 is 9.53 Å². The number of allylic oxidation sites excluding steroid dienone is 8. The quantitative estimate of drug-likeness (QED) is 0.0398. The number of rotatable bonds is 34. The van der Waals surface area contributed by atoms with Gasteiger partial charge in [-0.2, -0.15) is 0 Å². The van der Waals surface area contributed by atoms with E-state index < -0.39 is 0 Å². The van der Waals surface area contributed by atoms with Gasteiger partial charge in [0.15, 0.2) is 0 Å². The van der Waals surface area contributed by atoms with E-state index in [1.165, 1.54) is 141 Å². The summed E-state index contributed by atoms with van der Waals surface area (Å²) >= 11 is 0. The normalized spacial score (nSPS) is 13.1. The molecule has 1 unspecified atom stereocenters. The van der Waals surface area contributed by atoms with Crippen LogP contribution in [0.15, 0.2) is 48.6 Å². The highest BCUT2D eigenvalue weighted by atomic mass is 16.5. The SMILES string of the molecule is CCCCC/C=C\C/C=C\CCCCCCCCC(CCCCCCCC/C=C\C/C=C\CCCCC)OC(=O)CC(C)N(C)C. The fourth-order valence-electron chi connectivity index (χ4n) is 5.64. The van der Waals surface area contributed by atoms with Crippen molar-refractivity contribution in [1.29, 1.82) is 0 Å². The summed E-state index contributed by atoms with van der Waals surface area (Å²) in [5.41, 5.74) is 0. The van der Waals surface area contributed by atoms with E-state index in [2.05, 4.69) is 74.3 Å². The van der Waals surface area contributed by atoms with Gasteiger partial charge in [-0.3, -0.25) is 4.79 Å². The summed E-state index contributed by atoms with van der Waals surface area (Å²) in [6.45, 7) is 6.62. The summed E-state index contributed by atoms with van der Waals surface area (Å²) in [5.74, 6) is -0.0220. The Hall–Kier alpha value is -1.61. The molecule has 0 aromatic heterocycles. The van der Waals surface area contributed by atoms with Crippen LogP contribution in [0.5, 0.6) is 0 Å². The Morgan fingerprint density at radius 2 is 0.870 bits per heavy atom. The Kier molecular flexibility index (Phi) is 35.0. The number of nitrogens with zero attached hydrogens (tertiary/aromatic N) is 1. The van der Waals surface area contributed by atoms with Gasteiger partial charge in [-0.05, 0) is 111 Å². The summed E-state index contributed by atoms with van der Waals surface area (Å²) in [7, 11) is 4.06. The highest BCUT2D eigenvalue weighted by Crippen LogP contribution is 2.18. The molecule has 3 heteroatoms. The van der Waals surface area contributed by atoms with E-state index in [4.69, 9.17) is 4.74 Å². The lowest BCUT2D eigenvalue weighted by atomic mass is 10.0. The van der Waals surface area contributed by atoms with E-state index >= 15 is 0 Å². The molecule has 0 saturated heterocycles. The monoisotopic (exact) mass is 642 g/mol. The van der Waals surface area contributed by atoms with Crippen LogP contribution >= 0.6 is 0 Å². The molecule has 0 N–H and O–H groups in total. The fraction of sp³-hybridized carbons (Fsp3) is 0.791. The molecule has 0 amide bonds. The third-order valence-corrected chi connectivity index (χ3v) is 9.10. The van der Waals surface area contributed by atoms with Crippen molar-refractivity contribution in [3.8, 4) is 0 Å². The van der Waals surface area contributed by atoms with Crippen LogP contribution in [0.2, 0.25) is 0 Å². The smallest absolute Gasteiger partial charge is 0.307 e. The minimum absolute atomic E-state index is 0.0220. The van der Waals surface area contributed by atoms with Crippen molar-refractivity contribution in [3.63, 3.8) is 0 Å². The van der Waals surface area contributed by atoms with Crippen molar-refractivity contribution >= 4 is 5.97 Å². The van der Waals surface area contributed by atoms with Gasteiger partial charge < -0.3 is 9.64 Å². The number of hydrogen-bond acceptors (Lipinski definition) is 3. The third-order valence-electron chi connectivity index (χ3n) is 9.10. The molecule has 0 aliphatic rings. The maximum Gasteiger partial charge on any atom is 0.307 e. The molecule has 3 nitrogen and oxygen atoms in total. The molecule has 0 saturated carbocycles. The first-order chi connectivity index (χ1) is 22.5. The zero-order valence-corrected chi connectivity index (χ0v) is 31.6. The summed E-state index contributed by atoms with van der Waals surface area (Å²) in [5, 5.41) is 0. The first-order valence-corrected chi connectivity index (χ1v) is 20.0. The van der Waals surface area contributed by atoms with Gasteiger partial charge in [0.05, 0.1) is 6.42 Å². The second kappa shape index (κ2) is 36.2. The maximum absolute atomic E-state index is 12.6. The highest BCUT2D eigenvalue weighted by molar-refractivity contribution is 5.70. The lowest BCUT2D eigenvalue weighted by molar-refractivity contribution is -0.151. The molecule has 0 fully saturated rings. The van der Waals surface area contributed by atoms with Crippen molar-refractivity contribution in [2.45, 2.75) is 206 Å². The van der Waals surface area contributed by atoms with Crippen LogP contribution < -0.4 is 0 Å². The van der Waals surface area contributed by atoms with Gasteiger partial charge in [0.2, 0.25) is 0 Å². The number of esters is 1. The van der Waals surface area contributed by atoms with Crippen molar-refractivity contribution in [3.05, 3.63) is 48.6 Å². The topological polar surface area (TPSA) is 29.5 Å². The van der Waals surface area contributed by atoms with Crippen molar-refractivity contribution in [1.82, 2.24) is 4.90 Å². The second-order valence-corrected chi connectivity index (χ2v) is 13.9. The van der Waals surface area contributed by atoms with Crippen LogP contribution in [0, 0.1) is 0 Å². The molecule has 0 bridgehead atoms. The zero-order valence-electron chi connectivity index (χ0n) is 31.6. The van der Waals surface area contributed by atoms with Crippen LogP contribution in [0.3, 0.4) is 0 Å². The Labute approximate surface area is 288 Å². The molecule has 0 rings (SSSR count). The van der Waals surface area contributed by atoms with E-state index in [0.717, 1.165) is 25.7 Å². The van der Waals surface area contributed by atoms with E-state index in [1.54, 1.807) is 0 Å². The molecule has 268 valence electrons. The number of carbonyl (C=O) groups excluding carboxylic acids is 1. The molecule has 0 aromatic carbocycles. The molecule has 0 aliphatic carbocycles. The highest BCUT2D eigenvalue weighted by Gasteiger charge is 2.17. The Morgan fingerprint density at radius 3 is 1.24 bits per heavy atom. The van der Waals surface area contributed by atoms with E-state index in [9.17, 15) is 4.79 Å². The van der Waals surface area contributed by atoms with Gasteiger partial charge in [-0.25, -0.2) is 0 Å². The molecule has 0 radical (unpaired) electrons. The van der Waals surface area contributed by atoms with Gasteiger partial charge in [0, 0.05) is 6.04 Å². The Morgan fingerprint density at radius 1 is 0.522 bits per heavy atom. The van der Waals surface area contributed by atoms with Crippen LogP contribution in [0.4, 0.5) is 0 Å². The molecule has 0 aliphatic heterocycles. The standard InChI is InChI=1S/C43H79NO2/c1-6-8-10-12-14-16-18-20-22-24-26-28-30-32-34-36-38-42(46-43(45)40-41(3)44(4)5)39-37-35-33-31-29-27-25-23-21-19-17-15-13-11-9-7-2/h14-17,20-23,41-42H,6-13,18-19,24-40H2,1-5H3/b16-14-,17-15-,22-20-,23-21-. The summed E-state index contributed by atoms with van der Waals surface area (Å²) in [4.78, 5) is 14.7. The molecular formula is C43H79NO2. The Bertz CT molecular complexity index is 702. The van der Waals surface area contributed by atoms with Crippen LogP contribution in [-0.2, 0) is 9.53 Å². The van der Waals surface area contributed by atoms with E-state index in [-0.39, 0.29) is 18.1 Å². The average Bonchev–Trinajstić information content (AvgIpc) is 3.04. The maximum atomic E-state index is 12.6. The van der Waals surface area contributed by atoms with Crippen molar-refractivity contribution in [2.24, 2.45) is 0 Å². The van der Waals surface area contributed by atoms with Crippen molar-refractivity contribution in [2.75, 3.05) is 14.1 Å². The van der Waals surface area contributed by atoms with Gasteiger partial charge in [-0.15, -0.1) is 0 Å². The summed E-state index contributed by atoms with van der Waals surface area (Å²) in [6, 6.07) is 0.219. The number of ether oxygens (including phenoxy) is 1. The molecule has 46 heavy (non-hydrogen) atoms. The Balaban J connectivity index is 4.05. The molecule has 1 atom stereocenters. The number of hydrogen-bond donors (Lipinski definition) is 0. The summed E-state index contributed by atoms with van der Waals surface area (Å²) < 4.78 is 6.03. The van der Waals surface area contributed by atoms with Crippen LogP contribution in [-0.4, -0.2) is 37.1 Å². The first-order valence-electron chi connectivity index (χ1n) is 20.0. The van der Waals surface area contributed by atoms with Crippen LogP contribution in [0.25, 0.3) is 0 Å². The second-order valence-electron chi connectivity index (χ2n) is 13.9. The lowest BCUT2D eigenvalue weighted by Gasteiger charge is -2.22. The van der Waals surface area contributed by atoms with Gasteiger partial charge in [0.25, 0.3) is 0 Å². The molecule has 0 heterocycles. The van der Waals surface area contributed by atoms with Gasteiger partial charge >= 0.3 is 5.97 Å². The van der Waals surface area contributed by atoms with Gasteiger partial charge in [-0.1, -0.05) is 140 Å². The minimum Gasteiger partial charge on any atom is -0.462 e. The lowest BCUT2D eigenvalue weighted by Crippen LogP contribution is -2.29. The molecule has 0 aromatic rings. The van der Waals surface area contributed by atoms with E-state index in [0.29, 0.717) is 6.42 Å². The van der Waals surface area contributed by atoms with Crippen LogP contribution in [0.1, 0.15) is 194 Å². The minimum atomic E-state index is -0.0220. The largest absolute Gasteiger partial charge is 0.462 e. The third kappa shape index (κ3) is 33.7. The predicted molar refractivity (Wildman–Crippen MR) is 206 cm³/mol. The predicted octanol–water partition coefficient (Wildman–Crippen LogP) is 13.6. The van der Waals surface area contributed by atoms with E-state index in [1.807, 2.05) is 14.1 Å². The average molecular weight is 642 g/mol.